The van der Waals surface area contributed by atoms with Gasteiger partial charge >= 0.3 is 0 Å². The van der Waals surface area contributed by atoms with Gasteiger partial charge in [-0.25, -0.2) is 8.78 Å². The molecule has 1 fully saturated rings. The Kier molecular flexibility index (Phi) is 4.57. The number of methoxy groups -OCH3 is 2. The third kappa shape index (κ3) is 2.84. The van der Waals surface area contributed by atoms with Crippen LogP contribution >= 0.6 is 0 Å². The molecule has 0 bridgehead atoms. The van der Waals surface area contributed by atoms with E-state index in [0.717, 1.165) is 42.5 Å². The van der Waals surface area contributed by atoms with Gasteiger partial charge in [-0.15, -0.1) is 0 Å². The molecule has 0 spiro atoms. The SMILES string of the molecule is COc1cc(F)c2c(c1OC)CCC1C(Cc3cccc(F)c3)NCC21. The lowest BCUT2D eigenvalue weighted by atomic mass is 9.73. The molecule has 1 aliphatic heterocycles. The molecule has 138 valence electrons. The molecule has 1 aliphatic carbocycles. The summed E-state index contributed by atoms with van der Waals surface area (Å²) in [5, 5.41) is 3.54. The summed E-state index contributed by atoms with van der Waals surface area (Å²) in [6.07, 6.45) is 2.46. The average molecular weight is 359 g/mol. The first-order valence-electron chi connectivity index (χ1n) is 9.03. The Balaban J connectivity index is 1.64. The molecule has 1 N–H and O–H groups in total. The molecule has 3 atom stereocenters. The minimum Gasteiger partial charge on any atom is -0.493 e. The number of halogens is 2. The molecular formula is C21H23F2NO2. The second kappa shape index (κ2) is 6.88. The van der Waals surface area contributed by atoms with Crippen LogP contribution in [-0.2, 0) is 12.8 Å². The molecule has 1 heterocycles. The highest BCUT2D eigenvalue weighted by atomic mass is 19.1. The molecule has 0 radical (unpaired) electrons. The molecule has 1 saturated heterocycles. The first kappa shape index (κ1) is 17.3. The van der Waals surface area contributed by atoms with E-state index in [1.54, 1.807) is 19.2 Å². The van der Waals surface area contributed by atoms with Crippen molar-refractivity contribution in [2.45, 2.75) is 31.2 Å². The van der Waals surface area contributed by atoms with E-state index in [1.807, 2.05) is 6.07 Å². The van der Waals surface area contributed by atoms with Gasteiger partial charge < -0.3 is 14.8 Å². The van der Waals surface area contributed by atoms with Crippen molar-refractivity contribution in [1.29, 1.82) is 0 Å². The quantitative estimate of drug-likeness (QED) is 0.900. The van der Waals surface area contributed by atoms with Gasteiger partial charge in [0.2, 0.25) is 0 Å². The molecule has 3 unspecified atom stereocenters. The lowest BCUT2D eigenvalue weighted by Gasteiger charge is -2.32. The first-order chi connectivity index (χ1) is 12.6. The van der Waals surface area contributed by atoms with Crippen molar-refractivity contribution in [2.24, 2.45) is 5.92 Å². The highest BCUT2D eigenvalue weighted by molar-refractivity contribution is 5.54. The van der Waals surface area contributed by atoms with Gasteiger partial charge in [-0.05, 0) is 48.4 Å². The third-order valence-corrected chi connectivity index (χ3v) is 5.84. The maximum atomic E-state index is 14.9. The zero-order valence-corrected chi connectivity index (χ0v) is 15.0. The summed E-state index contributed by atoms with van der Waals surface area (Å²) in [7, 11) is 3.13. The summed E-state index contributed by atoms with van der Waals surface area (Å²) in [6.45, 7) is 0.726. The highest BCUT2D eigenvalue weighted by Gasteiger charge is 2.42. The number of fused-ring (bicyclic) bond motifs is 3. The average Bonchev–Trinajstić information content (AvgIpc) is 3.04. The van der Waals surface area contributed by atoms with Crippen molar-refractivity contribution >= 4 is 0 Å². The van der Waals surface area contributed by atoms with E-state index < -0.39 is 0 Å². The second-order valence-electron chi connectivity index (χ2n) is 7.14. The minimum atomic E-state index is -0.222. The van der Waals surface area contributed by atoms with Crippen LogP contribution < -0.4 is 14.8 Å². The van der Waals surface area contributed by atoms with Gasteiger partial charge in [0.25, 0.3) is 0 Å². The van der Waals surface area contributed by atoms with Gasteiger partial charge in [-0.1, -0.05) is 12.1 Å². The van der Waals surface area contributed by atoms with Crippen molar-refractivity contribution in [3.8, 4) is 11.5 Å². The number of rotatable bonds is 4. The lowest BCUT2D eigenvalue weighted by molar-refractivity contribution is 0.328. The molecule has 0 aromatic heterocycles. The van der Waals surface area contributed by atoms with Crippen LogP contribution in [0.1, 0.15) is 29.0 Å². The predicted octanol–water partition coefficient (Wildman–Crippen LogP) is 3.84. The summed E-state index contributed by atoms with van der Waals surface area (Å²) in [5.74, 6) is 1.10. The second-order valence-corrected chi connectivity index (χ2v) is 7.14. The summed E-state index contributed by atoms with van der Waals surface area (Å²) in [6, 6.07) is 8.39. The topological polar surface area (TPSA) is 30.5 Å². The molecule has 5 heteroatoms. The maximum Gasteiger partial charge on any atom is 0.164 e. The molecule has 2 aromatic carbocycles. The van der Waals surface area contributed by atoms with E-state index in [9.17, 15) is 8.78 Å². The van der Waals surface area contributed by atoms with Crippen LogP contribution in [0.2, 0.25) is 0 Å². The van der Waals surface area contributed by atoms with E-state index in [-0.39, 0.29) is 23.6 Å². The van der Waals surface area contributed by atoms with Crippen LogP contribution in [0, 0.1) is 17.6 Å². The van der Waals surface area contributed by atoms with Crippen molar-refractivity contribution in [3.05, 3.63) is 58.7 Å². The van der Waals surface area contributed by atoms with Crippen LogP contribution in [0.15, 0.2) is 30.3 Å². The summed E-state index contributed by atoms with van der Waals surface area (Å²) < 4.78 is 39.2. The van der Waals surface area contributed by atoms with E-state index in [0.29, 0.717) is 17.4 Å². The monoisotopic (exact) mass is 359 g/mol. The zero-order valence-electron chi connectivity index (χ0n) is 15.0. The van der Waals surface area contributed by atoms with Gasteiger partial charge in [0.05, 0.1) is 14.2 Å². The number of hydrogen-bond donors (Lipinski definition) is 1. The number of ether oxygens (including phenoxy) is 2. The van der Waals surface area contributed by atoms with E-state index in [1.165, 1.54) is 19.2 Å². The first-order valence-corrected chi connectivity index (χ1v) is 9.03. The Labute approximate surface area is 152 Å². The largest absolute Gasteiger partial charge is 0.493 e. The Morgan fingerprint density at radius 1 is 1.15 bits per heavy atom. The third-order valence-electron chi connectivity index (χ3n) is 5.84. The molecule has 26 heavy (non-hydrogen) atoms. The van der Waals surface area contributed by atoms with Crippen LogP contribution in [0.5, 0.6) is 11.5 Å². The predicted molar refractivity (Wildman–Crippen MR) is 96.0 cm³/mol. The van der Waals surface area contributed by atoms with E-state index >= 15 is 0 Å². The molecule has 0 saturated carbocycles. The smallest absolute Gasteiger partial charge is 0.164 e. The Morgan fingerprint density at radius 2 is 2.00 bits per heavy atom. The van der Waals surface area contributed by atoms with Crippen LogP contribution in [0.3, 0.4) is 0 Å². The standard InChI is InChI=1S/C21H23F2NO2/c1-25-19-10-17(23)20-15(21(19)26-2)7-6-14-16(20)11-24-18(14)9-12-4-3-5-13(22)8-12/h3-5,8,10,14,16,18,24H,6-7,9,11H2,1-2H3. The minimum absolute atomic E-state index is 0.108. The molecule has 0 amide bonds. The molecule has 4 rings (SSSR count). The van der Waals surface area contributed by atoms with Gasteiger partial charge in [-0.2, -0.15) is 0 Å². The Hall–Kier alpha value is -2.14. The fourth-order valence-corrected chi connectivity index (χ4v) is 4.73. The van der Waals surface area contributed by atoms with Crippen molar-refractivity contribution in [2.75, 3.05) is 20.8 Å². The summed E-state index contributed by atoms with van der Waals surface area (Å²) >= 11 is 0. The number of benzene rings is 2. The van der Waals surface area contributed by atoms with Crippen molar-refractivity contribution in [3.63, 3.8) is 0 Å². The van der Waals surface area contributed by atoms with Gasteiger partial charge in [0.1, 0.15) is 11.6 Å². The Bertz CT molecular complexity index is 824. The van der Waals surface area contributed by atoms with Crippen molar-refractivity contribution in [1.82, 2.24) is 5.32 Å². The lowest BCUT2D eigenvalue weighted by Crippen LogP contribution is -2.31. The van der Waals surface area contributed by atoms with Gasteiger partial charge in [-0.3, -0.25) is 0 Å². The van der Waals surface area contributed by atoms with Gasteiger partial charge in [0, 0.05) is 30.1 Å². The van der Waals surface area contributed by atoms with Crippen molar-refractivity contribution < 1.29 is 18.3 Å². The highest BCUT2D eigenvalue weighted by Crippen LogP contribution is 2.48. The zero-order chi connectivity index (χ0) is 18.3. The summed E-state index contributed by atoms with van der Waals surface area (Å²) in [5.41, 5.74) is 2.66. The fraction of sp³-hybridized carbons (Fsp3) is 0.429. The van der Waals surface area contributed by atoms with Gasteiger partial charge in [0.15, 0.2) is 11.5 Å². The number of nitrogens with one attached hydrogen (secondary N) is 1. The molecular weight excluding hydrogens is 336 g/mol. The molecule has 3 nitrogen and oxygen atoms in total. The molecule has 2 aromatic rings. The van der Waals surface area contributed by atoms with Crippen LogP contribution in [-0.4, -0.2) is 26.8 Å². The maximum absolute atomic E-state index is 14.9. The van der Waals surface area contributed by atoms with Crippen LogP contribution in [0.4, 0.5) is 8.78 Å². The van der Waals surface area contributed by atoms with E-state index in [2.05, 4.69) is 5.32 Å². The molecule has 2 aliphatic rings. The normalized spacial score (nSPS) is 24.1. The fourth-order valence-electron chi connectivity index (χ4n) is 4.73. The van der Waals surface area contributed by atoms with Crippen LogP contribution in [0.25, 0.3) is 0 Å². The number of hydrogen-bond acceptors (Lipinski definition) is 3. The summed E-state index contributed by atoms with van der Waals surface area (Å²) in [4.78, 5) is 0. The Morgan fingerprint density at radius 3 is 2.73 bits per heavy atom. The van der Waals surface area contributed by atoms with E-state index in [4.69, 9.17) is 9.47 Å².